The molecule has 0 aliphatic carbocycles. The Morgan fingerprint density at radius 3 is 1.01 bits per heavy atom. The van der Waals surface area contributed by atoms with E-state index < -0.39 is 86.8 Å². The van der Waals surface area contributed by atoms with Crippen molar-refractivity contribution in [3.8, 4) is 0 Å². The van der Waals surface area contributed by atoms with Gasteiger partial charge < -0.3 is 65.1 Å². The van der Waals surface area contributed by atoms with Crippen LogP contribution in [0.3, 0.4) is 0 Å². The van der Waals surface area contributed by atoms with E-state index in [0.29, 0.717) is 12.8 Å². The highest BCUT2D eigenvalue weighted by Gasteiger charge is 2.51. The second kappa shape index (κ2) is 67.1. The molecule has 2 saturated heterocycles. The van der Waals surface area contributed by atoms with Crippen LogP contribution >= 0.6 is 0 Å². The van der Waals surface area contributed by atoms with Crippen molar-refractivity contribution in [3.63, 3.8) is 0 Å². The van der Waals surface area contributed by atoms with Crippen molar-refractivity contribution in [1.82, 2.24) is 5.32 Å². The standard InChI is InChI=1S/C83H155NO13/c1-3-5-7-9-11-13-15-17-19-21-23-25-27-28-29-30-31-32-33-34-35-36-37-38-39-40-41-42-43-44-45-47-49-51-53-55-57-59-61-63-65-67-75(88)84-71(70-94-82-80(93)78(91)81(74(69-86)96-82)97-83-79(92)77(90)76(89)73(68-85)95-83)72(87)66-64-62-60-58-56-54-52-50-48-46-26-24-22-20-18-16-14-12-10-8-6-4-2/h21,23,48,50,56,58,64,66,71-74,76-83,85-87,89-93H,3-20,22,24-47,49,51-55,57,59-63,65,67-70H2,1-2H3,(H,84,88)/b23-21-,50-48+,58-56+,66-64+. The number of rotatable bonds is 70. The highest BCUT2D eigenvalue weighted by molar-refractivity contribution is 5.76. The zero-order valence-corrected chi connectivity index (χ0v) is 62.6. The Morgan fingerprint density at radius 2 is 0.660 bits per heavy atom. The van der Waals surface area contributed by atoms with E-state index in [-0.39, 0.29) is 18.9 Å². The van der Waals surface area contributed by atoms with Gasteiger partial charge in [0.05, 0.1) is 32.0 Å². The number of amides is 1. The average molecular weight is 1380 g/mol. The van der Waals surface area contributed by atoms with Crippen molar-refractivity contribution < 1.29 is 64.6 Å². The summed E-state index contributed by atoms with van der Waals surface area (Å²) in [6.45, 7) is 2.83. The molecule has 570 valence electrons. The van der Waals surface area contributed by atoms with E-state index in [1.54, 1.807) is 6.08 Å². The molecule has 0 aromatic rings. The molecule has 12 atom stereocenters. The molecule has 2 fully saturated rings. The van der Waals surface area contributed by atoms with Gasteiger partial charge in [-0.05, 0) is 70.6 Å². The predicted octanol–water partition coefficient (Wildman–Crippen LogP) is 19.0. The lowest BCUT2D eigenvalue weighted by Crippen LogP contribution is -2.65. The van der Waals surface area contributed by atoms with Gasteiger partial charge in [0.15, 0.2) is 12.6 Å². The fourth-order valence-corrected chi connectivity index (χ4v) is 13.7. The molecule has 14 heteroatoms. The first-order valence-electron chi connectivity index (χ1n) is 41.4. The minimum atomic E-state index is -1.79. The summed E-state index contributed by atoms with van der Waals surface area (Å²) in [5.74, 6) is -0.246. The quantitative estimate of drug-likeness (QED) is 0.0204. The number of carbonyl (C=O) groups is 1. The highest BCUT2D eigenvalue weighted by Crippen LogP contribution is 2.30. The van der Waals surface area contributed by atoms with Gasteiger partial charge in [0.25, 0.3) is 0 Å². The van der Waals surface area contributed by atoms with Crippen molar-refractivity contribution in [2.45, 2.75) is 453 Å². The van der Waals surface area contributed by atoms with Gasteiger partial charge in [0, 0.05) is 6.42 Å². The zero-order valence-electron chi connectivity index (χ0n) is 62.6. The third kappa shape index (κ3) is 50.1. The largest absolute Gasteiger partial charge is 0.394 e. The number of hydrogen-bond acceptors (Lipinski definition) is 13. The molecule has 2 aliphatic heterocycles. The molecule has 1 amide bonds. The SMILES string of the molecule is CCCCCCCCCC/C=C\CCCCCCCCCCCCCCCCCCCCCCCCCCCCCCCC(=O)NC(COC1OC(CO)C(OC2OC(CO)C(O)C(O)C2O)C(O)C1O)C(O)/C=C/CC/C=C/CC/C=C/CCCCCCCCCCCCCC. The van der Waals surface area contributed by atoms with E-state index in [0.717, 1.165) is 44.9 Å². The highest BCUT2D eigenvalue weighted by atomic mass is 16.7. The molecule has 12 unspecified atom stereocenters. The molecule has 9 N–H and O–H groups in total. The molecule has 14 nitrogen and oxygen atoms in total. The molecular formula is C83H155NO13. The van der Waals surface area contributed by atoms with Crippen molar-refractivity contribution in [3.05, 3.63) is 48.6 Å². The van der Waals surface area contributed by atoms with Crippen molar-refractivity contribution >= 4 is 5.91 Å². The van der Waals surface area contributed by atoms with Gasteiger partial charge in [-0.1, -0.05) is 351 Å². The topological polar surface area (TPSA) is 228 Å². The van der Waals surface area contributed by atoms with Crippen molar-refractivity contribution in [2.24, 2.45) is 0 Å². The van der Waals surface area contributed by atoms with Gasteiger partial charge in [0.1, 0.15) is 48.8 Å². The van der Waals surface area contributed by atoms with Crippen LogP contribution in [0.5, 0.6) is 0 Å². The molecule has 0 spiro atoms. The van der Waals surface area contributed by atoms with Crippen LogP contribution in [0.25, 0.3) is 0 Å². The maximum Gasteiger partial charge on any atom is 0.220 e. The summed E-state index contributed by atoms with van der Waals surface area (Å²) in [7, 11) is 0. The van der Waals surface area contributed by atoms with Crippen LogP contribution in [0.1, 0.15) is 380 Å². The molecule has 2 aliphatic rings. The minimum Gasteiger partial charge on any atom is -0.394 e. The molecule has 0 radical (unpaired) electrons. The fourth-order valence-electron chi connectivity index (χ4n) is 13.7. The van der Waals surface area contributed by atoms with Crippen LogP contribution in [0.2, 0.25) is 0 Å². The lowest BCUT2D eigenvalue weighted by Gasteiger charge is -2.46. The summed E-state index contributed by atoms with van der Waals surface area (Å²) in [5.41, 5.74) is 0. The van der Waals surface area contributed by atoms with Gasteiger partial charge in [-0.2, -0.15) is 0 Å². The summed E-state index contributed by atoms with van der Waals surface area (Å²) < 4.78 is 22.9. The van der Waals surface area contributed by atoms with Gasteiger partial charge in [-0.25, -0.2) is 0 Å². The molecular weight excluding hydrogens is 1220 g/mol. The van der Waals surface area contributed by atoms with E-state index in [9.17, 15) is 45.6 Å². The van der Waals surface area contributed by atoms with E-state index in [1.807, 2.05) is 6.08 Å². The number of hydrogen-bond donors (Lipinski definition) is 9. The average Bonchev–Trinajstić information content (AvgIpc) is 0.794. The second-order valence-electron chi connectivity index (χ2n) is 29.2. The number of aliphatic hydroxyl groups excluding tert-OH is 8. The molecule has 0 aromatic carbocycles. The third-order valence-corrected chi connectivity index (χ3v) is 20.2. The van der Waals surface area contributed by atoms with Crippen LogP contribution in [-0.4, -0.2) is 140 Å². The summed E-state index contributed by atoms with van der Waals surface area (Å²) in [6.07, 6.45) is 73.7. The maximum absolute atomic E-state index is 13.4. The van der Waals surface area contributed by atoms with Crippen molar-refractivity contribution in [1.29, 1.82) is 0 Å². The molecule has 2 rings (SSSR count). The Kier molecular flexibility index (Phi) is 63.0. The Balaban J connectivity index is 1.56. The Bertz CT molecular complexity index is 1810. The number of aliphatic hydroxyl groups is 8. The summed E-state index contributed by atoms with van der Waals surface area (Å²) >= 11 is 0. The lowest BCUT2D eigenvalue weighted by molar-refractivity contribution is -0.359. The number of allylic oxidation sites excluding steroid dienone is 7. The number of carbonyl (C=O) groups excluding carboxylic acids is 1. The van der Waals surface area contributed by atoms with E-state index >= 15 is 0 Å². The molecule has 0 aromatic heterocycles. The maximum atomic E-state index is 13.4. The predicted molar refractivity (Wildman–Crippen MR) is 401 cm³/mol. The van der Waals surface area contributed by atoms with Crippen molar-refractivity contribution in [2.75, 3.05) is 19.8 Å². The third-order valence-electron chi connectivity index (χ3n) is 20.2. The number of nitrogens with one attached hydrogen (secondary N) is 1. The first kappa shape index (κ1) is 91.0. The second-order valence-corrected chi connectivity index (χ2v) is 29.2. The van der Waals surface area contributed by atoms with Gasteiger partial charge in [-0.3, -0.25) is 4.79 Å². The first-order valence-corrected chi connectivity index (χ1v) is 41.4. The summed E-state index contributed by atoms with van der Waals surface area (Å²) in [5, 5.41) is 87.6. The van der Waals surface area contributed by atoms with Gasteiger partial charge in [-0.15, -0.1) is 0 Å². The molecule has 0 bridgehead atoms. The van der Waals surface area contributed by atoms with E-state index in [1.165, 1.54) is 302 Å². The zero-order chi connectivity index (χ0) is 70.1. The van der Waals surface area contributed by atoms with Crippen LogP contribution in [0, 0.1) is 0 Å². The summed E-state index contributed by atoms with van der Waals surface area (Å²) in [4.78, 5) is 13.4. The van der Waals surface area contributed by atoms with Crippen LogP contribution < -0.4 is 5.32 Å². The minimum absolute atomic E-state index is 0.246. The van der Waals surface area contributed by atoms with Gasteiger partial charge in [0.2, 0.25) is 5.91 Å². The summed E-state index contributed by atoms with van der Waals surface area (Å²) in [6, 6.07) is -0.939. The van der Waals surface area contributed by atoms with E-state index in [4.69, 9.17) is 18.9 Å². The number of unbranched alkanes of at least 4 members (excludes halogenated alkanes) is 51. The molecule has 97 heavy (non-hydrogen) atoms. The van der Waals surface area contributed by atoms with Crippen LogP contribution in [-0.2, 0) is 23.7 Å². The lowest BCUT2D eigenvalue weighted by atomic mass is 9.97. The Hall–Kier alpha value is -2.05. The normalized spacial score (nSPS) is 22.3. The first-order chi connectivity index (χ1) is 47.6. The molecule has 2 heterocycles. The fraction of sp³-hybridized carbons (Fsp3) is 0.892. The number of ether oxygens (including phenoxy) is 4. The molecule has 0 saturated carbocycles. The van der Waals surface area contributed by atoms with Crippen LogP contribution in [0.15, 0.2) is 48.6 Å². The van der Waals surface area contributed by atoms with Gasteiger partial charge >= 0.3 is 0 Å². The smallest absolute Gasteiger partial charge is 0.220 e. The van der Waals surface area contributed by atoms with E-state index in [2.05, 4.69) is 55.6 Å². The Morgan fingerprint density at radius 1 is 0.361 bits per heavy atom. The monoisotopic (exact) mass is 1370 g/mol. The van der Waals surface area contributed by atoms with Crippen LogP contribution in [0.4, 0.5) is 0 Å². The Labute approximate surface area is 594 Å².